The van der Waals surface area contributed by atoms with Gasteiger partial charge in [0.1, 0.15) is 5.75 Å². The van der Waals surface area contributed by atoms with Gasteiger partial charge in [0, 0.05) is 11.4 Å². The zero-order valence-corrected chi connectivity index (χ0v) is 12.4. The number of ether oxygens (including phenoxy) is 1. The summed E-state index contributed by atoms with van der Waals surface area (Å²) in [5.74, 6) is 0.568. The molecular formula is C17H17ClO2. The fraction of sp³-hybridized carbons (Fsp3) is 0.235. The molecule has 0 amide bonds. The van der Waals surface area contributed by atoms with Crippen molar-refractivity contribution in [3.8, 4) is 5.75 Å². The van der Waals surface area contributed by atoms with Crippen molar-refractivity contribution < 1.29 is 9.53 Å². The van der Waals surface area contributed by atoms with Crippen LogP contribution in [0.1, 0.15) is 28.4 Å². The van der Waals surface area contributed by atoms with Crippen molar-refractivity contribution >= 4 is 17.4 Å². The molecule has 0 atom stereocenters. The van der Waals surface area contributed by atoms with E-state index in [2.05, 4.69) is 19.1 Å². The minimum absolute atomic E-state index is 0.00796. The lowest BCUT2D eigenvalue weighted by atomic mass is 10.0. The normalized spacial score (nSPS) is 10.3. The average Bonchev–Trinajstić information content (AvgIpc) is 2.48. The largest absolute Gasteiger partial charge is 0.496 e. The topological polar surface area (TPSA) is 26.3 Å². The molecule has 0 aliphatic heterocycles. The zero-order chi connectivity index (χ0) is 14.5. The highest BCUT2D eigenvalue weighted by Gasteiger charge is 2.13. The van der Waals surface area contributed by atoms with Gasteiger partial charge in [-0.05, 0) is 35.7 Å². The van der Waals surface area contributed by atoms with Crippen molar-refractivity contribution in [1.82, 2.24) is 0 Å². The number of hydrogen-bond acceptors (Lipinski definition) is 2. The van der Waals surface area contributed by atoms with Gasteiger partial charge >= 0.3 is 0 Å². The number of Topliss-reactive ketones (excluding diaryl/α,β-unsaturated/α-hetero) is 1. The van der Waals surface area contributed by atoms with Gasteiger partial charge in [0.25, 0.3) is 0 Å². The number of benzene rings is 2. The van der Waals surface area contributed by atoms with E-state index < -0.39 is 0 Å². The van der Waals surface area contributed by atoms with E-state index in [4.69, 9.17) is 16.3 Å². The summed E-state index contributed by atoms with van der Waals surface area (Å²) in [6.45, 7) is 2.11. The maximum absolute atomic E-state index is 12.4. The van der Waals surface area contributed by atoms with Crippen LogP contribution >= 0.6 is 11.6 Å². The lowest BCUT2D eigenvalue weighted by Crippen LogP contribution is -2.06. The molecule has 0 saturated heterocycles. The fourth-order valence-electron chi connectivity index (χ4n) is 2.07. The van der Waals surface area contributed by atoms with Crippen LogP contribution < -0.4 is 4.74 Å². The summed E-state index contributed by atoms with van der Waals surface area (Å²) in [6, 6.07) is 13.2. The monoisotopic (exact) mass is 288 g/mol. The van der Waals surface area contributed by atoms with Gasteiger partial charge in [-0.2, -0.15) is 0 Å². The molecule has 0 saturated carbocycles. The number of halogens is 1. The predicted molar refractivity (Wildman–Crippen MR) is 81.9 cm³/mol. The van der Waals surface area contributed by atoms with E-state index in [0.717, 1.165) is 12.0 Å². The summed E-state index contributed by atoms with van der Waals surface area (Å²) >= 11 is 5.95. The summed E-state index contributed by atoms with van der Waals surface area (Å²) in [4.78, 5) is 12.4. The Hall–Kier alpha value is -1.80. The van der Waals surface area contributed by atoms with Gasteiger partial charge in [-0.3, -0.25) is 4.79 Å². The zero-order valence-electron chi connectivity index (χ0n) is 11.7. The van der Waals surface area contributed by atoms with E-state index in [-0.39, 0.29) is 5.78 Å². The van der Waals surface area contributed by atoms with Crippen LogP contribution in [-0.2, 0) is 12.8 Å². The van der Waals surface area contributed by atoms with Crippen LogP contribution in [0.15, 0.2) is 42.5 Å². The quantitative estimate of drug-likeness (QED) is 0.765. The number of hydrogen-bond donors (Lipinski definition) is 0. The summed E-state index contributed by atoms with van der Waals surface area (Å²) in [7, 11) is 1.55. The smallest absolute Gasteiger partial charge is 0.171 e. The van der Waals surface area contributed by atoms with Crippen LogP contribution in [0, 0.1) is 0 Å². The second kappa shape index (κ2) is 6.58. The third kappa shape index (κ3) is 3.40. The third-order valence-corrected chi connectivity index (χ3v) is 3.49. The Morgan fingerprint density at radius 3 is 2.35 bits per heavy atom. The molecule has 0 bridgehead atoms. The minimum Gasteiger partial charge on any atom is -0.496 e. The number of aryl methyl sites for hydroxylation is 1. The van der Waals surface area contributed by atoms with E-state index in [1.165, 1.54) is 5.56 Å². The summed E-state index contributed by atoms with van der Waals surface area (Å²) in [6.07, 6.45) is 1.34. The Morgan fingerprint density at radius 1 is 1.10 bits per heavy atom. The first-order chi connectivity index (χ1) is 9.63. The number of methoxy groups -OCH3 is 1. The summed E-state index contributed by atoms with van der Waals surface area (Å²) in [5, 5.41) is 0.537. The van der Waals surface area contributed by atoms with Gasteiger partial charge < -0.3 is 4.74 Å². The molecule has 2 rings (SSSR count). The highest BCUT2D eigenvalue weighted by atomic mass is 35.5. The first kappa shape index (κ1) is 14.6. The molecule has 0 aliphatic carbocycles. The Labute approximate surface area is 124 Å². The van der Waals surface area contributed by atoms with Gasteiger partial charge in [-0.25, -0.2) is 0 Å². The van der Waals surface area contributed by atoms with Crippen LogP contribution in [0.25, 0.3) is 0 Å². The summed E-state index contributed by atoms with van der Waals surface area (Å²) < 4.78 is 5.22. The Balaban J connectivity index is 2.20. The predicted octanol–water partition coefficient (Wildman–Crippen LogP) is 4.34. The number of carbonyl (C=O) groups excluding carboxylic acids is 1. The van der Waals surface area contributed by atoms with Gasteiger partial charge in [0.05, 0.1) is 12.7 Å². The number of rotatable bonds is 5. The first-order valence-electron chi connectivity index (χ1n) is 6.58. The summed E-state index contributed by atoms with van der Waals surface area (Å²) in [5.41, 5.74) is 2.79. The molecule has 0 unspecified atom stereocenters. The van der Waals surface area contributed by atoms with E-state index in [9.17, 15) is 4.79 Å². The van der Waals surface area contributed by atoms with Crippen molar-refractivity contribution in [2.24, 2.45) is 0 Å². The maximum Gasteiger partial charge on any atom is 0.171 e. The second-order valence-electron chi connectivity index (χ2n) is 4.61. The second-order valence-corrected chi connectivity index (χ2v) is 5.05. The average molecular weight is 289 g/mol. The van der Waals surface area contributed by atoms with E-state index >= 15 is 0 Å². The molecule has 0 N–H and O–H groups in total. The Kier molecular flexibility index (Phi) is 4.80. The molecule has 0 spiro atoms. The van der Waals surface area contributed by atoms with E-state index in [0.29, 0.717) is 22.8 Å². The molecule has 0 heterocycles. The third-order valence-electron chi connectivity index (χ3n) is 3.26. The SMILES string of the molecule is CCc1ccc(CC(=O)c2cc(Cl)ccc2OC)cc1. The van der Waals surface area contributed by atoms with Crippen LogP contribution in [0.4, 0.5) is 0 Å². The standard InChI is InChI=1S/C17H17ClO2/c1-3-12-4-6-13(7-5-12)10-16(19)15-11-14(18)8-9-17(15)20-2/h4-9,11H,3,10H2,1-2H3. The maximum atomic E-state index is 12.4. The van der Waals surface area contributed by atoms with Crippen LogP contribution in [-0.4, -0.2) is 12.9 Å². The van der Waals surface area contributed by atoms with Crippen molar-refractivity contribution in [1.29, 1.82) is 0 Å². The van der Waals surface area contributed by atoms with Crippen molar-refractivity contribution in [2.75, 3.05) is 7.11 Å². The lowest BCUT2D eigenvalue weighted by Gasteiger charge is -2.08. The molecular weight excluding hydrogens is 272 g/mol. The van der Waals surface area contributed by atoms with Crippen LogP contribution in [0.3, 0.4) is 0 Å². The highest BCUT2D eigenvalue weighted by molar-refractivity contribution is 6.31. The minimum atomic E-state index is 0.00796. The van der Waals surface area contributed by atoms with E-state index in [1.807, 2.05) is 12.1 Å². The van der Waals surface area contributed by atoms with Crippen LogP contribution in [0.2, 0.25) is 5.02 Å². The van der Waals surface area contributed by atoms with Gasteiger partial charge in [0.2, 0.25) is 0 Å². The lowest BCUT2D eigenvalue weighted by molar-refractivity contribution is 0.0990. The van der Waals surface area contributed by atoms with Crippen molar-refractivity contribution in [3.63, 3.8) is 0 Å². The molecule has 0 aromatic heterocycles. The number of ketones is 1. The fourth-order valence-corrected chi connectivity index (χ4v) is 2.24. The Morgan fingerprint density at radius 2 is 1.75 bits per heavy atom. The molecule has 2 nitrogen and oxygen atoms in total. The molecule has 3 heteroatoms. The molecule has 104 valence electrons. The van der Waals surface area contributed by atoms with Crippen molar-refractivity contribution in [2.45, 2.75) is 19.8 Å². The molecule has 0 radical (unpaired) electrons. The van der Waals surface area contributed by atoms with Gasteiger partial charge in [-0.15, -0.1) is 0 Å². The van der Waals surface area contributed by atoms with Crippen molar-refractivity contribution in [3.05, 3.63) is 64.2 Å². The number of carbonyl (C=O) groups is 1. The molecule has 0 aliphatic rings. The highest BCUT2D eigenvalue weighted by Crippen LogP contribution is 2.24. The molecule has 2 aromatic carbocycles. The first-order valence-corrected chi connectivity index (χ1v) is 6.96. The van der Waals surface area contributed by atoms with E-state index in [1.54, 1.807) is 25.3 Å². The Bertz CT molecular complexity index is 603. The molecule has 2 aromatic rings. The van der Waals surface area contributed by atoms with Gasteiger partial charge in [0.15, 0.2) is 5.78 Å². The molecule has 0 fully saturated rings. The molecule has 20 heavy (non-hydrogen) atoms. The van der Waals surface area contributed by atoms with Crippen LogP contribution in [0.5, 0.6) is 5.75 Å². The van der Waals surface area contributed by atoms with Gasteiger partial charge in [-0.1, -0.05) is 42.8 Å².